The Morgan fingerprint density at radius 3 is 2.50 bits per heavy atom. The topological polar surface area (TPSA) is 138 Å². The molecular weight excluding hydrogens is 622 g/mol. The number of benzene rings is 2. The van der Waals surface area contributed by atoms with E-state index in [2.05, 4.69) is 0 Å². The number of β-amino-alcohol motifs (C(OH)–C–C–N with tert-alkyl or cyclic N) is 1. The molecule has 254 valence electrons. The molecule has 3 heterocycles. The van der Waals surface area contributed by atoms with Crippen molar-refractivity contribution in [2.75, 3.05) is 38.6 Å². The van der Waals surface area contributed by atoms with Crippen LogP contribution in [0.3, 0.4) is 0 Å². The van der Waals surface area contributed by atoms with Gasteiger partial charge >= 0.3 is 5.97 Å². The average Bonchev–Trinajstić information content (AvgIpc) is 3.48. The maximum absolute atomic E-state index is 14.1. The SMILES string of the molecule is Nc1ccc2c(c1)COCCCCCCCN(C[C@@H](O)[C@@H](CC(=O)O[C@H]1CCO[C@H]3OCC[C@H]31)Cc1cc(F)cc(F)c1)S2(=O)=O. The largest absolute Gasteiger partial charge is 0.462 e. The van der Waals surface area contributed by atoms with E-state index >= 15 is 0 Å². The van der Waals surface area contributed by atoms with E-state index in [1.807, 2.05) is 0 Å². The second-order valence-corrected chi connectivity index (χ2v) is 14.3. The molecule has 0 unspecified atom stereocenters. The molecule has 3 aliphatic heterocycles. The average molecular weight is 667 g/mol. The molecule has 0 bridgehead atoms. The van der Waals surface area contributed by atoms with Gasteiger partial charge in [-0.1, -0.05) is 19.3 Å². The van der Waals surface area contributed by atoms with Crippen molar-refractivity contribution in [3.05, 3.63) is 59.2 Å². The third-order valence-electron chi connectivity index (χ3n) is 8.97. The monoisotopic (exact) mass is 666 g/mol. The fourth-order valence-electron chi connectivity index (χ4n) is 6.56. The zero-order valence-electron chi connectivity index (χ0n) is 26.0. The molecule has 2 saturated heterocycles. The molecule has 0 aliphatic carbocycles. The standard InChI is InChI=1S/C33H44F2N2O8S/c34-25-15-22(16-26(35)19-25)14-23(18-32(39)45-30-9-13-44-33-28(30)8-12-43-33)29(38)20-37-10-4-2-1-3-5-11-42-21-24-17-27(36)6-7-31(24)46(37,40)41/h6-7,15-17,19,23,28-30,33,38H,1-5,8-14,18,20-21,36H2/t23-,28+,29-,30+,33-/m1/s1. The second kappa shape index (κ2) is 15.9. The lowest BCUT2D eigenvalue weighted by Crippen LogP contribution is -2.43. The molecular formula is C33H44F2N2O8S. The molecule has 2 aromatic rings. The molecule has 0 radical (unpaired) electrons. The Hall–Kier alpha value is -2.68. The number of halogens is 2. The Balaban J connectivity index is 1.39. The highest BCUT2D eigenvalue weighted by molar-refractivity contribution is 7.89. The minimum Gasteiger partial charge on any atom is -0.462 e. The molecule has 0 aromatic heterocycles. The van der Waals surface area contributed by atoms with Gasteiger partial charge in [0, 0.05) is 49.7 Å². The quantitative estimate of drug-likeness (QED) is 0.312. The molecule has 0 spiro atoms. The summed E-state index contributed by atoms with van der Waals surface area (Å²) in [4.78, 5) is 13.4. The van der Waals surface area contributed by atoms with Crippen LogP contribution in [0.1, 0.15) is 62.5 Å². The van der Waals surface area contributed by atoms with Gasteiger partial charge in [-0.05, 0) is 67.1 Å². The van der Waals surface area contributed by atoms with Crippen molar-refractivity contribution in [1.82, 2.24) is 4.31 Å². The first-order valence-electron chi connectivity index (χ1n) is 16.1. The number of hydrogen-bond acceptors (Lipinski definition) is 9. The number of hydrogen-bond donors (Lipinski definition) is 2. The van der Waals surface area contributed by atoms with E-state index in [0.717, 1.165) is 43.9 Å². The molecule has 0 amide bonds. The summed E-state index contributed by atoms with van der Waals surface area (Å²) in [5, 5.41) is 11.6. The zero-order chi connectivity index (χ0) is 32.7. The lowest BCUT2D eigenvalue weighted by molar-refractivity contribution is -0.195. The van der Waals surface area contributed by atoms with E-state index < -0.39 is 52.0 Å². The van der Waals surface area contributed by atoms with Crippen molar-refractivity contribution in [3.63, 3.8) is 0 Å². The van der Waals surface area contributed by atoms with Crippen LogP contribution in [0, 0.1) is 23.5 Å². The van der Waals surface area contributed by atoms with E-state index in [4.69, 9.17) is 24.7 Å². The predicted octanol–water partition coefficient (Wildman–Crippen LogP) is 4.32. The van der Waals surface area contributed by atoms with Crippen LogP contribution in [0.25, 0.3) is 0 Å². The molecule has 5 rings (SSSR count). The number of carbonyl (C=O) groups excluding carboxylic acids is 1. The van der Waals surface area contributed by atoms with Gasteiger partial charge in [-0.2, -0.15) is 4.31 Å². The molecule has 13 heteroatoms. The van der Waals surface area contributed by atoms with Crippen LogP contribution >= 0.6 is 0 Å². The fourth-order valence-corrected chi connectivity index (χ4v) is 8.24. The number of esters is 1. The van der Waals surface area contributed by atoms with Gasteiger partial charge in [0.05, 0.1) is 37.2 Å². The lowest BCUT2D eigenvalue weighted by atomic mass is 9.90. The molecule has 5 atom stereocenters. The van der Waals surface area contributed by atoms with Gasteiger partial charge in [0.15, 0.2) is 6.29 Å². The number of sulfonamides is 1. The number of nitrogen functional groups attached to an aromatic ring is 1. The zero-order valence-corrected chi connectivity index (χ0v) is 26.8. The number of carbonyl (C=O) groups is 1. The van der Waals surface area contributed by atoms with Crippen molar-refractivity contribution < 1.29 is 46.0 Å². The Morgan fingerprint density at radius 1 is 1.00 bits per heavy atom. The van der Waals surface area contributed by atoms with Crippen LogP contribution in [0.2, 0.25) is 0 Å². The van der Waals surface area contributed by atoms with Gasteiger partial charge in [-0.25, -0.2) is 17.2 Å². The summed E-state index contributed by atoms with van der Waals surface area (Å²) in [6, 6.07) is 7.56. The molecule has 0 saturated carbocycles. The number of aliphatic hydroxyl groups excluding tert-OH is 1. The Bertz CT molecular complexity index is 1420. The number of aliphatic hydroxyl groups is 1. The first-order valence-corrected chi connectivity index (χ1v) is 17.6. The van der Waals surface area contributed by atoms with Crippen LogP contribution in [0.4, 0.5) is 14.5 Å². The van der Waals surface area contributed by atoms with E-state index in [1.165, 1.54) is 16.4 Å². The van der Waals surface area contributed by atoms with Crippen molar-refractivity contribution in [2.24, 2.45) is 11.8 Å². The van der Waals surface area contributed by atoms with E-state index in [1.54, 1.807) is 6.07 Å². The number of ether oxygens (including phenoxy) is 4. The van der Waals surface area contributed by atoms with Crippen LogP contribution < -0.4 is 5.73 Å². The van der Waals surface area contributed by atoms with Crippen molar-refractivity contribution in [3.8, 4) is 0 Å². The van der Waals surface area contributed by atoms with Gasteiger partial charge in [-0.3, -0.25) is 4.79 Å². The lowest BCUT2D eigenvalue weighted by Gasteiger charge is -2.33. The van der Waals surface area contributed by atoms with Crippen molar-refractivity contribution in [1.29, 1.82) is 0 Å². The Labute approximate surface area is 269 Å². The van der Waals surface area contributed by atoms with Crippen molar-refractivity contribution >= 4 is 21.7 Å². The molecule has 2 fully saturated rings. The molecule has 46 heavy (non-hydrogen) atoms. The molecule has 2 aromatic carbocycles. The van der Waals surface area contributed by atoms with E-state index in [-0.39, 0.29) is 48.9 Å². The fraction of sp³-hybridized carbons (Fsp3) is 0.606. The highest BCUT2D eigenvalue weighted by atomic mass is 32.2. The molecule has 3 aliphatic rings. The minimum atomic E-state index is -4.14. The number of anilines is 1. The number of nitrogens with two attached hydrogens (primary N) is 1. The van der Waals surface area contributed by atoms with E-state index in [0.29, 0.717) is 50.3 Å². The maximum atomic E-state index is 14.1. The van der Waals surface area contributed by atoms with Crippen LogP contribution in [0.5, 0.6) is 0 Å². The third-order valence-corrected chi connectivity index (χ3v) is 10.9. The number of nitrogens with zero attached hydrogens (tertiary/aromatic N) is 1. The van der Waals surface area contributed by atoms with Crippen LogP contribution in [0.15, 0.2) is 41.3 Å². The van der Waals surface area contributed by atoms with Gasteiger partial charge in [0.25, 0.3) is 0 Å². The maximum Gasteiger partial charge on any atom is 0.306 e. The summed E-state index contributed by atoms with van der Waals surface area (Å²) >= 11 is 0. The van der Waals surface area contributed by atoms with Crippen molar-refractivity contribution in [2.45, 2.75) is 87.8 Å². The minimum absolute atomic E-state index is 0.0316. The Kier molecular flexibility index (Phi) is 12.0. The summed E-state index contributed by atoms with van der Waals surface area (Å²) < 4.78 is 80.6. The summed E-state index contributed by atoms with van der Waals surface area (Å²) in [5.41, 5.74) is 7.03. The highest BCUT2D eigenvalue weighted by Gasteiger charge is 2.41. The second-order valence-electron chi connectivity index (χ2n) is 12.4. The van der Waals surface area contributed by atoms with Gasteiger partial charge in [0.1, 0.15) is 17.7 Å². The summed E-state index contributed by atoms with van der Waals surface area (Å²) in [7, 11) is -4.14. The first-order chi connectivity index (χ1) is 22.1. The smallest absolute Gasteiger partial charge is 0.306 e. The van der Waals surface area contributed by atoms with Crippen LogP contribution in [-0.2, 0) is 46.8 Å². The molecule has 10 nitrogen and oxygen atoms in total. The summed E-state index contributed by atoms with van der Waals surface area (Å²) in [6.07, 6.45) is 2.63. The van der Waals surface area contributed by atoms with E-state index in [9.17, 15) is 27.1 Å². The van der Waals surface area contributed by atoms with Gasteiger partial charge < -0.3 is 29.8 Å². The molecule has 3 N–H and O–H groups in total. The predicted molar refractivity (Wildman–Crippen MR) is 165 cm³/mol. The summed E-state index contributed by atoms with van der Waals surface area (Å²) in [6.45, 7) is 1.24. The van der Waals surface area contributed by atoms with Gasteiger partial charge in [0.2, 0.25) is 10.0 Å². The Morgan fingerprint density at radius 2 is 1.72 bits per heavy atom. The summed E-state index contributed by atoms with van der Waals surface area (Å²) in [5.74, 6) is -3.18. The third kappa shape index (κ3) is 9.02. The first kappa shape index (κ1) is 34.6. The number of fused-ring (bicyclic) bond motifs is 2. The normalized spacial score (nSPS) is 25.6. The highest BCUT2D eigenvalue weighted by Crippen LogP contribution is 2.33. The number of rotatable bonds is 8. The van der Waals surface area contributed by atoms with Crippen LogP contribution in [-0.4, -0.2) is 75.2 Å². The van der Waals surface area contributed by atoms with Gasteiger partial charge in [-0.15, -0.1) is 0 Å².